The Morgan fingerprint density at radius 1 is 1.50 bits per heavy atom. The maximum absolute atomic E-state index is 13.7. The molecule has 2 rings (SSSR count). The second-order valence-electron chi connectivity index (χ2n) is 4.43. The van der Waals surface area contributed by atoms with Gasteiger partial charge in [-0.3, -0.25) is 4.68 Å². The van der Waals surface area contributed by atoms with Gasteiger partial charge >= 0.3 is 5.97 Å². The quantitative estimate of drug-likeness (QED) is 0.930. The highest BCUT2D eigenvalue weighted by Crippen LogP contribution is 2.17. The third kappa shape index (κ3) is 2.38. The Bertz CT molecular complexity index is 729. The van der Waals surface area contributed by atoms with E-state index in [1.165, 1.54) is 22.9 Å². The van der Waals surface area contributed by atoms with Gasteiger partial charge in [0.25, 0.3) is 0 Å². The fraction of sp³-hybridized carbons (Fsp3) is 0.214. The second-order valence-corrected chi connectivity index (χ2v) is 4.43. The number of benzene rings is 1. The van der Waals surface area contributed by atoms with Gasteiger partial charge in [0.1, 0.15) is 11.4 Å². The summed E-state index contributed by atoms with van der Waals surface area (Å²) < 4.78 is 15.2. The van der Waals surface area contributed by atoms with E-state index in [2.05, 4.69) is 5.10 Å². The summed E-state index contributed by atoms with van der Waals surface area (Å²) in [4.78, 5) is 11.1. The number of carbonyl (C=O) groups is 1. The molecule has 0 unspecified atom stereocenters. The molecule has 0 saturated heterocycles. The Morgan fingerprint density at radius 2 is 2.20 bits per heavy atom. The molecule has 1 N–H and O–H groups in total. The van der Waals surface area contributed by atoms with E-state index in [9.17, 15) is 9.18 Å². The molecule has 0 atom stereocenters. The number of carboxylic acid groups (broad SMARTS) is 1. The Balaban J connectivity index is 2.43. The molecule has 0 aliphatic carbocycles. The van der Waals surface area contributed by atoms with Crippen LogP contribution in [0.5, 0.6) is 0 Å². The maximum atomic E-state index is 13.7. The van der Waals surface area contributed by atoms with Gasteiger partial charge < -0.3 is 5.11 Å². The molecule has 6 heteroatoms. The van der Waals surface area contributed by atoms with Crippen LogP contribution in [-0.4, -0.2) is 20.9 Å². The molecule has 1 aromatic heterocycles. The minimum Gasteiger partial charge on any atom is -0.478 e. The number of hydrogen-bond acceptors (Lipinski definition) is 3. The number of carboxylic acids is 1. The molecular weight excluding hydrogens is 261 g/mol. The van der Waals surface area contributed by atoms with Crippen molar-refractivity contribution in [2.24, 2.45) is 0 Å². The number of aryl methyl sites for hydroxylation is 1. The first kappa shape index (κ1) is 13.7. The largest absolute Gasteiger partial charge is 0.478 e. The average molecular weight is 273 g/mol. The number of nitrogens with zero attached hydrogens (tertiary/aromatic N) is 3. The van der Waals surface area contributed by atoms with E-state index >= 15 is 0 Å². The standard InChI is InChI=1S/C14H12FN3O2/c1-8-13(14(19)20)9(2)18(17-8)7-11-5-10(6-16)3-4-12(11)15/h3-5H,7H2,1-2H3,(H,19,20). The van der Waals surface area contributed by atoms with Gasteiger partial charge in [-0.25, -0.2) is 9.18 Å². The average Bonchev–Trinajstić information content (AvgIpc) is 2.67. The molecule has 0 amide bonds. The summed E-state index contributed by atoms with van der Waals surface area (Å²) in [5.41, 5.74) is 1.61. The monoisotopic (exact) mass is 273 g/mol. The van der Waals surface area contributed by atoms with Crippen LogP contribution in [0.3, 0.4) is 0 Å². The summed E-state index contributed by atoms with van der Waals surface area (Å²) in [6.45, 7) is 3.30. The van der Waals surface area contributed by atoms with Crippen molar-refractivity contribution in [3.63, 3.8) is 0 Å². The van der Waals surface area contributed by atoms with Crippen molar-refractivity contribution in [1.82, 2.24) is 9.78 Å². The molecule has 1 heterocycles. The topological polar surface area (TPSA) is 78.9 Å². The van der Waals surface area contributed by atoms with Crippen LogP contribution in [0.25, 0.3) is 0 Å². The van der Waals surface area contributed by atoms with Crippen molar-refractivity contribution in [3.8, 4) is 6.07 Å². The van der Waals surface area contributed by atoms with Gasteiger partial charge in [0.05, 0.1) is 29.6 Å². The van der Waals surface area contributed by atoms with Crippen LogP contribution >= 0.6 is 0 Å². The lowest BCUT2D eigenvalue weighted by atomic mass is 10.1. The first-order valence-electron chi connectivity index (χ1n) is 5.90. The molecule has 2 aromatic rings. The zero-order valence-electron chi connectivity index (χ0n) is 11.0. The molecule has 5 nitrogen and oxygen atoms in total. The molecular formula is C14H12FN3O2. The molecule has 0 saturated carbocycles. The molecule has 0 bridgehead atoms. The van der Waals surface area contributed by atoms with Crippen LogP contribution in [-0.2, 0) is 6.54 Å². The Morgan fingerprint density at radius 3 is 2.75 bits per heavy atom. The number of rotatable bonds is 3. The van der Waals surface area contributed by atoms with Crippen LogP contribution < -0.4 is 0 Å². The van der Waals surface area contributed by atoms with E-state index < -0.39 is 11.8 Å². The van der Waals surface area contributed by atoms with Crippen LogP contribution in [0, 0.1) is 31.0 Å². The van der Waals surface area contributed by atoms with Gasteiger partial charge in [-0.05, 0) is 32.0 Å². The summed E-state index contributed by atoms with van der Waals surface area (Å²) >= 11 is 0. The highest BCUT2D eigenvalue weighted by atomic mass is 19.1. The van der Waals surface area contributed by atoms with Gasteiger partial charge in [-0.2, -0.15) is 10.4 Å². The van der Waals surface area contributed by atoms with Gasteiger partial charge in [0, 0.05) is 5.56 Å². The molecule has 0 radical (unpaired) electrons. The fourth-order valence-corrected chi connectivity index (χ4v) is 2.09. The van der Waals surface area contributed by atoms with E-state index in [4.69, 9.17) is 10.4 Å². The lowest BCUT2D eigenvalue weighted by Gasteiger charge is -2.06. The summed E-state index contributed by atoms with van der Waals surface area (Å²) in [5.74, 6) is -1.51. The number of halogens is 1. The summed E-state index contributed by atoms with van der Waals surface area (Å²) in [7, 11) is 0. The third-order valence-electron chi connectivity index (χ3n) is 3.09. The molecule has 20 heavy (non-hydrogen) atoms. The van der Waals surface area contributed by atoms with Crippen molar-refractivity contribution >= 4 is 5.97 Å². The molecule has 0 aliphatic rings. The normalized spacial score (nSPS) is 10.3. The molecule has 0 aliphatic heterocycles. The zero-order valence-corrected chi connectivity index (χ0v) is 11.0. The molecule has 102 valence electrons. The number of hydrogen-bond donors (Lipinski definition) is 1. The number of aromatic nitrogens is 2. The van der Waals surface area contributed by atoms with Crippen molar-refractivity contribution < 1.29 is 14.3 Å². The fourth-order valence-electron chi connectivity index (χ4n) is 2.09. The van der Waals surface area contributed by atoms with Crippen LogP contribution in [0.1, 0.15) is 32.9 Å². The van der Waals surface area contributed by atoms with Gasteiger partial charge in [-0.15, -0.1) is 0 Å². The Labute approximate surface area is 114 Å². The van der Waals surface area contributed by atoms with Crippen LogP contribution in [0.15, 0.2) is 18.2 Å². The predicted octanol–water partition coefficient (Wildman–Crippen LogP) is 2.26. The van der Waals surface area contributed by atoms with E-state index in [-0.39, 0.29) is 12.1 Å². The van der Waals surface area contributed by atoms with Crippen LogP contribution in [0.2, 0.25) is 0 Å². The summed E-state index contributed by atoms with van der Waals surface area (Å²) in [6.07, 6.45) is 0. The maximum Gasteiger partial charge on any atom is 0.339 e. The van der Waals surface area contributed by atoms with Crippen molar-refractivity contribution in [2.45, 2.75) is 20.4 Å². The third-order valence-corrected chi connectivity index (χ3v) is 3.09. The first-order valence-corrected chi connectivity index (χ1v) is 5.90. The molecule has 0 spiro atoms. The number of nitriles is 1. The zero-order chi connectivity index (χ0) is 14.9. The van der Waals surface area contributed by atoms with Crippen LogP contribution in [0.4, 0.5) is 4.39 Å². The lowest BCUT2D eigenvalue weighted by molar-refractivity contribution is 0.0695. The number of aromatic carboxylic acids is 1. The second kappa shape index (κ2) is 5.13. The first-order chi connectivity index (χ1) is 9.43. The minimum absolute atomic E-state index is 0.0846. The van der Waals surface area contributed by atoms with Crippen molar-refractivity contribution in [3.05, 3.63) is 52.1 Å². The summed E-state index contributed by atoms with van der Waals surface area (Å²) in [5, 5.41) is 22.0. The smallest absolute Gasteiger partial charge is 0.339 e. The Kier molecular flexibility index (Phi) is 3.53. The van der Waals surface area contributed by atoms with Gasteiger partial charge in [0.2, 0.25) is 0 Å². The van der Waals surface area contributed by atoms with Gasteiger partial charge in [-0.1, -0.05) is 0 Å². The summed E-state index contributed by atoms with van der Waals surface area (Å²) in [6, 6.07) is 5.99. The van der Waals surface area contributed by atoms with Gasteiger partial charge in [0.15, 0.2) is 0 Å². The van der Waals surface area contributed by atoms with Crippen molar-refractivity contribution in [2.75, 3.05) is 0 Å². The van der Waals surface area contributed by atoms with E-state index in [1.54, 1.807) is 13.8 Å². The molecule has 0 fully saturated rings. The highest BCUT2D eigenvalue weighted by Gasteiger charge is 2.18. The van der Waals surface area contributed by atoms with Crippen molar-refractivity contribution in [1.29, 1.82) is 5.26 Å². The Hall–Kier alpha value is -2.68. The molecule has 1 aromatic carbocycles. The lowest BCUT2D eigenvalue weighted by Crippen LogP contribution is -2.07. The van der Waals surface area contributed by atoms with E-state index in [1.807, 2.05) is 6.07 Å². The van der Waals surface area contributed by atoms with E-state index in [0.29, 0.717) is 22.5 Å². The minimum atomic E-state index is -1.06. The predicted molar refractivity (Wildman–Crippen MR) is 68.9 cm³/mol. The highest BCUT2D eigenvalue weighted by molar-refractivity contribution is 5.90. The SMILES string of the molecule is Cc1nn(Cc2cc(C#N)ccc2F)c(C)c1C(=O)O. The van der Waals surface area contributed by atoms with E-state index in [0.717, 1.165) is 0 Å².